The van der Waals surface area contributed by atoms with Crippen molar-refractivity contribution >= 4 is 24.3 Å². The van der Waals surface area contributed by atoms with Crippen LogP contribution in [0.5, 0.6) is 0 Å². The normalized spacial score (nSPS) is 10.1. The molecule has 0 amide bonds. The molecule has 0 bridgehead atoms. The summed E-state index contributed by atoms with van der Waals surface area (Å²) in [6.07, 6.45) is 0.990. The Morgan fingerprint density at radius 3 is 1.93 bits per heavy atom. The molecule has 0 aromatic heterocycles. The number of carbonyl (C=O) groups excluding carboxylic acids is 2. The Labute approximate surface area is 96.7 Å². The molecule has 15 heavy (non-hydrogen) atoms. The van der Waals surface area contributed by atoms with Crippen molar-refractivity contribution < 1.29 is 19.1 Å². The summed E-state index contributed by atoms with van der Waals surface area (Å²) < 4.78 is 9.50. The lowest BCUT2D eigenvalue weighted by molar-refractivity contribution is -0.155. The van der Waals surface area contributed by atoms with Crippen molar-refractivity contribution in [1.29, 1.82) is 0 Å². The summed E-state index contributed by atoms with van der Waals surface area (Å²) in [5, 5.41) is 0. The van der Waals surface area contributed by atoms with E-state index in [0.717, 1.165) is 0 Å². The predicted octanol–water partition coefficient (Wildman–Crippen LogP) is 2.09. The molecule has 0 spiro atoms. The highest BCUT2D eigenvalue weighted by Gasteiger charge is 2.16. The van der Waals surface area contributed by atoms with Gasteiger partial charge in [-0.25, -0.2) is 0 Å². The molecule has 0 aliphatic carbocycles. The maximum atomic E-state index is 11.2. The van der Waals surface area contributed by atoms with E-state index in [-0.39, 0.29) is 37.2 Å². The maximum Gasteiger partial charge on any atom is 0.306 e. The third-order valence-corrected chi connectivity index (χ3v) is 1.41. The Morgan fingerprint density at radius 1 is 1.07 bits per heavy atom. The number of methoxy groups -OCH3 is 1. The van der Waals surface area contributed by atoms with E-state index in [1.807, 2.05) is 20.8 Å². The molecule has 0 radical (unpaired) electrons. The highest BCUT2D eigenvalue weighted by molar-refractivity contribution is 5.85. The van der Waals surface area contributed by atoms with Crippen molar-refractivity contribution in [2.75, 3.05) is 7.11 Å². The van der Waals surface area contributed by atoms with Crippen molar-refractivity contribution in [3.63, 3.8) is 0 Å². The van der Waals surface area contributed by atoms with Crippen LogP contribution in [0.2, 0.25) is 0 Å². The van der Waals surface area contributed by atoms with Crippen LogP contribution < -0.4 is 0 Å². The number of hydrogen-bond acceptors (Lipinski definition) is 4. The highest BCUT2D eigenvalue weighted by atomic mass is 35.5. The number of esters is 2. The fourth-order valence-corrected chi connectivity index (χ4v) is 0.872. The van der Waals surface area contributed by atoms with Gasteiger partial charge in [0.15, 0.2) is 0 Å². The van der Waals surface area contributed by atoms with Gasteiger partial charge in [0.05, 0.1) is 7.11 Å². The molecular weight excluding hydrogens is 220 g/mol. The minimum atomic E-state index is -0.456. The zero-order valence-corrected chi connectivity index (χ0v) is 10.5. The molecule has 0 saturated carbocycles. The standard InChI is InChI=1S/C10H18O4.ClH/c1-10(2,3)14-9(12)7-5-6-8(11)13-4;/h5-7H2,1-4H3;1H. The van der Waals surface area contributed by atoms with Gasteiger partial charge in [0, 0.05) is 12.8 Å². The molecule has 0 rings (SSSR count). The van der Waals surface area contributed by atoms with Gasteiger partial charge < -0.3 is 9.47 Å². The second kappa shape index (κ2) is 7.51. The molecule has 4 nitrogen and oxygen atoms in total. The summed E-state index contributed by atoms with van der Waals surface area (Å²) in [6, 6.07) is 0. The summed E-state index contributed by atoms with van der Waals surface area (Å²) in [5.41, 5.74) is -0.456. The average molecular weight is 239 g/mol. The summed E-state index contributed by atoms with van der Waals surface area (Å²) >= 11 is 0. The van der Waals surface area contributed by atoms with Crippen LogP contribution in [0.4, 0.5) is 0 Å². The van der Waals surface area contributed by atoms with Gasteiger partial charge in [-0.15, -0.1) is 12.4 Å². The quantitative estimate of drug-likeness (QED) is 0.704. The fourth-order valence-electron chi connectivity index (χ4n) is 0.872. The van der Waals surface area contributed by atoms with Gasteiger partial charge in [0.1, 0.15) is 5.60 Å². The first kappa shape index (κ1) is 16.7. The largest absolute Gasteiger partial charge is 0.469 e. The van der Waals surface area contributed by atoms with Crippen LogP contribution >= 0.6 is 12.4 Å². The van der Waals surface area contributed by atoms with E-state index < -0.39 is 5.60 Å². The first-order chi connectivity index (χ1) is 6.35. The van der Waals surface area contributed by atoms with Gasteiger partial charge in [-0.2, -0.15) is 0 Å². The Kier molecular flexibility index (Phi) is 8.34. The van der Waals surface area contributed by atoms with E-state index in [0.29, 0.717) is 6.42 Å². The smallest absolute Gasteiger partial charge is 0.306 e. The molecule has 0 aliphatic heterocycles. The van der Waals surface area contributed by atoms with E-state index in [1.54, 1.807) is 0 Å². The average Bonchev–Trinajstić information content (AvgIpc) is 2.00. The highest BCUT2D eigenvalue weighted by Crippen LogP contribution is 2.09. The zero-order valence-electron chi connectivity index (χ0n) is 9.66. The van der Waals surface area contributed by atoms with Crippen molar-refractivity contribution in [3.8, 4) is 0 Å². The molecular formula is C10H19ClO4. The van der Waals surface area contributed by atoms with E-state index >= 15 is 0 Å². The molecule has 0 aromatic rings. The van der Waals surface area contributed by atoms with Gasteiger partial charge in [-0.3, -0.25) is 9.59 Å². The lowest BCUT2D eigenvalue weighted by Crippen LogP contribution is -2.23. The molecule has 0 N–H and O–H groups in total. The number of rotatable bonds is 4. The Morgan fingerprint density at radius 2 is 1.53 bits per heavy atom. The molecule has 0 aromatic carbocycles. The molecule has 5 heteroatoms. The number of ether oxygens (including phenoxy) is 2. The van der Waals surface area contributed by atoms with E-state index in [4.69, 9.17) is 4.74 Å². The van der Waals surface area contributed by atoms with Crippen LogP contribution in [0, 0.1) is 0 Å². The summed E-state index contributed by atoms with van der Waals surface area (Å²) in [6.45, 7) is 5.43. The van der Waals surface area contributed by atoms with Crippen LogP contribution in [-0.4, -0.2) is 24.6 Å². The molecule has 0 unspecified atom stereocenters. The zero-order chi connectivity index (χ0) is 11.2. The lowest BCUT2D eigenvalue weighted by atomic mass is 10.2. The first-order valence-electron chi connectivity index (χ1n) is 4.64. The van der Waals surface area contributed by atoms with Crippen LogP contribution in [0.25, 0.3) is 0 Å². The third-order valence-electron chi connectivity index (χ3n) is 1.41. The third kappa shape index (κ3) is 11.2. The van der Waals surface area contributed by atoms with Gasteiger partial charge in [-0.1, -0.05) is 0 Å². The van der Waals surface area contributed by atoms with Gasteiger partial charge in [-0.05, 0) is 27.2 Å². The van der Waals surface area contributed by atoms with E-state index in [1.165, 1.54) is 7.11 Å². The molecule has 0 atom stereocenters. The van der Waals surface area contributed by atoms with Crippen molar-refractivity contribution in [3.05, 3.63) is 0 Å². The summed E-state index contributed by atoms with van der Waals surface area (Å²) in [5.74, 6) is -0.574. The van der Waals surface area contributed by atoms with Crippen LogP contribution in [0.1, 0.15) is 40.0 Å². The van der Waals surface area contributed by atoms with Crippen LogP contribution in [0.15, 0.2) is 0 Å². The van der Waals surface area contributed by atoms with Crippen LogP contribution in [0.3, 0.4) is 0 Å². The van der Waals surface area contributed by atoms with Gasteiger partial charge in [0.2, 0.25) is 0 Å². The number of halogens is 1. The second-order valence-corrected chi connectivity index (χ2v) is 4.02. The Balaban J connectivity index is 0. The van der Waals surface area contributed by atoms with Gasteiger partial charge >= 0.3 is 11.9 Å². The van der Waals surface area contributed by atoms with E-state index in [2.05, 4.69) is 4.74 Å². The van der Waals surface area contributed by atoms with E-state index in [9.17, 15) is 9.59 Å². The Hall–Kier alpha value is -0.770. The van der Waals surface area contributed by atoms with Gasteiger partial charge in [0.25, 0.3) is 0 Å². The molecule has 0 heterocycles. The van der Waals surface area contributed by atoms with Crippen molar-refractivity contribution in [1.82, 2.24) is 0 Å². The van der Waals surface area contributed by atoms with Crippen molar-refractivity contribution in [2.45, 2.75) is 45.6 Å². The lowest BCUT2D eigenvalue weighted by Gasteiger charge is -2.19. The summed E-state index contributed by atoms with van der Waals surface area (Å²) in [7, 11) is 1.33. The topological polar surface area (TPSA) is 52.6 Å². The minimum absolute atomic E-state index is 0. The van der Waals surface area contributed by atoms with Crippen molar-refractivity contribution in [2.24, 2.45) is 0 Å². The monoisotopic (exact) mass is 238 g/mol. The molecule has 0 aliphatic rings. The number of carbonyl (C=O) groups is 2. The fraction of sp³-hybridized carbons (Fsp3) is 0.800. The second-order valence-electron chi connectivity index (χ2n) is 4.02. The molecule has 90 valence electrons. The molecule has 0 saturated heterocycles. The SMILES string of the molecule is COC(=O)CCCC(=O)OC(C)(C)C.Cl. The number of hydrogen-bond donors (Lipinski definition) is 0. The predicted molar refractivity (Wildman–Crippen MR) is 59.0 cm³/mol. The molecule has 0 fully saturated rings. The van der Waals surface area contributed by atoms with Crippen LogP contribution in [-0.2, 0) is 19.1 Å². The maximum absolute atomic E-state index is 11.2. The first-order valence-corrected chi connectivity index (χ1v) is 4.64. The minimum Gasteiger partial charge on any atom is -0.469 e. The Bertz CT molecular complexity index is 208. The summed E-state index contributed by atoms with van der Waals surface area (Å²) in [4.78, 5) is 21.9.